The lowest BCUT2D eigenvalue weighted by atomic mass is 10.0. The Morgan fingerprint density at radius 2 is 1.61 bits per heavy atom. The summed E-state index contributed by atoms with van der Waals surface area (Å²) in [5, 5.41) is 0. The van der Waals surface area contributed by atoms with Gasteiger partial charge in [0.25, 0.3) is 5.82 Å². The maximum atomic E-state index is 6.27. The summed E-state index contributed by atoms with van der Waals surface area (Å²) in [4.78, 5) is 0. The largest absolute Gasteiger partial charge is 0.360 e. The molecule has 0 aliphatic rings. The van der Waals surface area contributed by atoms with Gasteiger partial charge in [0.15, 0.2) is 5.60 Å². The van der Waals surface area contributed by atoms with E-state index in [1.807, 2.05) is 0 Å². The Morgan fingerprint density at radius 1 is 1.04 bits per heavy atom. The molecule has 0 amide bonds. The normalized spacial score (nSPS) is 12.4. The zero-order chi connectivity index (χ0) is 17.4. The molecule has 0 saturated heterocycles. The van der Waals surface area contributed by atoms with E-state index in [1.54, 1.807) is 0 Å². The van der Waals surface area contributed by atoms with Crippen LogP contribution in [0.4, 0.5) is 0 Å². The van der Waals surface area contributed by atoms with Crippen molar-refractivity contribution in [2.45, 2.75) is 73.1 Å². The molecule has 3 heteroatoms. The van der Waals surface area contributed by atoms with Crippen molar-refractivity contribution in [3.05, 3.63) is 47.5 Å². The van der Waals surface area contributed by atoms with Crippen LogP contribution >= 0.6 is 0 Å². The van der Waals surface area contributed by atoms with Crippen LogP contribution in [-0.4, -0.2) is 10.7 Å². The molecule has 0 fully saturated rings. The van der Waals surface area contributed by atoms with Crippen LogP contribution < -0.4 is 4.57 Å². The second-order valence-electron chi connectivity index (χ2n) is 7.41. The lowest BCUT2D eigenvalue weighted by molar-refractivity contribution is -0.728. The number of hydrogen-bond acceptors (Lipinski definition) is 1. The molecule has 23 heavy (non-hydrogen) atoms. The summed E-state index contributed by atoms with van der Waals surface area (Å²) in [6, 6.07) is 6.83. The van der Waals surface area contributed by atoms with Crippen molar-refractivity contribution < 1.29 is 9.30 Å². The third-order valence-corrected chi connectivity index (χ3v) is 4.15. The standard InChI is InChI=1S/C20H31N2O/c1-14(2)21-12-13-22(18-16(5)10-9-11-17(18)6)19(21)20(7,8)23-15(3)4/h9-15H,1-8H3/q+1. The number of para-hydroxylation sites is 1. The van der Waals surface area contributed by atoms with E-state index < -0.39 is 0 Å². The van der Waals surface area contributed by atoms with Gasteiger partial charge in [-0.2, -0.15) is 4.57 Å². The van der Waals surface area contributed by atoms with Gasteiger partial charge in [-0.15, -0.1) is 0 Å². The van der Waals surface area contributed by atoms with Crippen molar-refractivity contribution in [2.24, 2.45) is 0 Å². The van der Waals surface area contributed by atoms with Gasteiger partial charge in [-0.05, 0) is 66.5 Å². The van der Waals surface area contributed by atoms with Crippen LogP contribution in [0.25, 0.3) is 5.69 Å². The fourth-order valence-corrected chi connectivity index (χ4v) is 3.43. The molecule has 1 aromatic heterocycles. The number of aromatic nitrogens is 2. The van der Waals surface area contributed by atoms with E-state index in [4.69, 9.17) is 4.74 Å². The zero-order valence-electron chi connectivity index (χ0n) is 15.8. The summed E-state index contributed by atoms with van der Waals surface area (Å²) in [6.07, 6.45) is 4.50. The molecule has 2 aromatic rings. The summed E-state index contributed by atoms with van der Waals surface area (Å²) in [5.41, 5.74) is 3.43. The van der Waals surface area contributed by atoms with Crippen LogP contribution in [0.5, 0.6) is 0 Å². The lowest BCUT2D eigenvalue weighted by Gasteiger charge is -2.27. The number of imidazole rings is 1. The van der Waals surface area contributed by atoms with E-state index in [-0.39, 0.29) is 11.7 Å². The number of hydrogen-bond donors (Lipinski definition) is 0. The molecule has 0 spiro atoms. The summed E-state index contributed by atoms with van der Waals surface area (Å²) in [5.74, 6) is 1.18. The van der Waals surface area contributed by atoms with Crippen LogP contribution in [0.2, 0.25) is 0 Å². The SMILES string of the molecule is Cc1cccc(C)c1-n1cc[n+](C(C)C)c1C(C)(C)OC(C)C. The molecule has 1 heterocycles. The van der Waals surface area contributed by atoms with Gasteiger partial charge in [0.05, 0.1) is 12.1 Å². The highest BCUT2D eigenvalue weighted by Crippen LogP contribution is 2.29. The number of nitrogens with zero attached hydrogens (tertiary/aromatic N) is 2. The van der Waals surface area contributed by atoms with Crippen LogP contribution in [0.15, 0.2) is 30.6 Å². The first-order valence-corrected chi connectivity index (χ1v) is 8.52. The minimum Gasteiger partial charge on any atom is -0.360 e. The topological polar surface area (TPSA) is 18.0 Å². The molecule has 3 nitrogen and oxygen atoms in total. The van der Waals surface area contributed by atoms with Gasteiger partial charge in [-0.25, -0.2) is 4.57 Å². The summed E-state index contributed by atoms with van der Waals surface area (Å²) in [7, 11) is 0. The Balaban J connectivity index is 2.72. The monoisotopic (exact) mass is 315 g/mol. The quantitative estimate of drug-likeness (QED) is 0.736. The molecule has 0 radical (unpaired) electrons. The Labute approximate surface area is 140 Å². The summed E-state index contributed by atoms with van der Waals surface area (Å²) in [6.45, 7) is 17.3. The predicted molar refractivity (Wildman–Crippen MR) is 95.1 cm³/mol. The number of aryl methyl sites for hydroxylation is 2. The molecule has 0 unspecified atom stereocenters. The molecule has 1 aromatic carbocycles. The van der Waals surface area contributed by atoms with Crippen molar-refractivity contribution in [1.82, 2.24) is 4.57 Å². The van der Waals surface area contributed by atoms with E-state index in [2.05, 4.69) is 95.1 Å². The highest BCUT2D eigenvalue weighted by Gasteiger charge is 2.38. The minimum atomic E-state index is -0.378. The molecule has 0 bridgehead atoms. The van der Waals surface area contributed by atoms with E-state index in [9.17, 15) is 0 Å². The predicted octanol–water partition coefficient (Wildman–Crippen LogP) is 4.62. The van der Waals surface area contributed by atoms with E-state index >= 15 is 0 Å². The third-order valence-electron chi connectivity index (χ3n) is 4.15. The maximum absolute atomic E-state index is 6.27. The number of benzene rings is 1. The van der Waals surface area contributed by atoms with Gasteiger partial charge < -0.3 is 4.74 Å². The summed E-state index contributed by atoms with van der Waals surface area (Å²) >= 11 is 0. The first-order valence-electron chi connectivity index (χ1n) is 8.52. The van der Waals surface area contributed by atoms with Crippen LogP contribution in [0.3, 0.4) is 0 Å². The maximum Gasteiger partial charge on any atom is 0.294 e. The van der Waals surface area contributed by atoms with E-state index in [0.717, 1.165) is 0 Å². The highest BCUT2D eigenvalue weighted by atomic mass is 16.5. The Bertz CT molecular complexity index is 661. The van der Waals surface area contributed by atoms with E-state index in [1.165, 1.54) is 22.6 Å². The van der Waals surface area contributed by atoms with Gasteiger partial charge in [-0.3, -0.25) is 0 Å². The fraction of sp³-hybridized carbons (Fsp3) is 0.550. The second kappa shape index (κ2) is 6.48. The van der Waals surface area contributed by atoms with Gasteiger partial charge >= 0.3 is 0 Å². The van der Waals surface area contributed by atoms with Crippen molar-refractivity contribution in [2.75, 3.05) is 0 Å². The molecule has 0 saturated carbocycles. The lowest BCUT2D eigenvalue weighted by Crippen LogP contribution is -2.47. The molecule has 0 aliphatic heterocycles. The highest BCUT2D eigenvalue weighted by molar-refractivity contribution is 5.47. The molecule has 2 rings (SSSR count). The van der Waals surface area contributed by atoms with Crippen molar-refractivity contribution in [3.8, 4) is 5.69 Å². The first-order chi connectivity index (χ1) is 10.6. The molecular formula is C20H31N2O+. The van der Waals surface area contributed by atoms with Gasteiger partial charge in [0, 0.05) is 0 Å². The van der Waals surface area contributed by atoms with Crippen molar-refractivity contribution >= 4 is 0 Å². The van der Waals surface area contributed by atoms with Gasteiger partial charge in [-0.1, -0.05) is 18.2 Å². The minimum absolute atomic E-state index is 0.173. The smallest absolute Gasteiger partial charge is 0.294 e. The number of rotatable bonds is 5. The fourth-order valence-electron chi connectivity index (χ4n) is 3.43. The van der Waals surface area contributed by atoms with E-state index in [0.29, 0.717) is 6.04 Å². The average Bonchev–Trinajstić information content (AvgIpc) is 2.82. The molecule has 0 atom stereocenters. The average molecular weight is 315 g/mol. The number of ether oxygens (including phenoxy) is 1. The summed E-state index contributed by atoms with van der Waals surface area (Å²) < 4.78 is 10.9. The molecule has 0 aliphatic carbocycles. The van der Waals surface area contributed by atoms with Gasteiger partial charge in [0.1, 0.15) is 18.1 Å². The molecule has 126 valence electrons. The van der Waals surface area contributed by atoms with Crippen molar-refractivity contribution in [3.63, 3.8) is 0 Å². The Hall–Kier alpha value is -1.61. The van der Waals surface area contributed by atoms with Crippen LogP contribution in [0, 0.1) is 13.8 Å². The zero-order valence-corrected chi connectivity index (χ0v) is 15.8. The Kier molecular flexibility index (Phi) is 5.00. The Morgan fingerprint density at radius 3 is 2.09 bits per heavy atom. The van der Waals surface area contributed by atoms with Crippen LogP contribution in [0.1, 0.15) is 64.5 Å². The van der Waals surface area contributed by atoms with Crippen LogP contribution in [-0.2, 0) is 10.3 Å². The van der Waals surface area contributed by atoms with Gasteiger partial charge in [0.2, 0.25) is 0 Å². The third kappa shape index (κ3) is 3.50. The molecular weight excluding hydrogens is 284 g/mol. The molecule has 0 N–H and O–H groups in total. The first kappa shape index (κ1) is 17.7. The second-order valence-corrected chi connectivity index (χ2v) is 7.41. The van der Waals surface area contributed by atoms with Crippen molar-refractivity contribution in [1.29, 1.82) is 0 Å².